The maximum atomic E-state index is 11.7. The van der Waals surface area contributed by atoms with Gasteiger partial charge in [-0.05, 0) is 18.0 Å². The number of ether oxygens (including phenoxy) is 1. The molecule has 1 aromatic rings. The van der Waals surface area contributed by atoms with Gasteiger partial charge in [0, 0.05) is 37.6 Å². The lowest BCUT2D eigenvalue weighted by molar-refractivity contribution is -0.144. The van der Waals surface area contributed by atoms with Gasteiger partial charge in [0.25, 0.3) is 0 Å². The van der Waals surface area contributed by atoms with Gasteiger partial charge in [0.05, 0.1) is 19.2 Å². The minimum absolute atomic E-state index is 0.166. The maximum Gasteiger partial charge on any atom is 0.320 e. The molecule has 0 spiro atoms. The zero-order chi connectivity index (χ0) is 16.5. The Bertz CT molecular complexity index is 545. The summed E-state index contributed by atoms with van der Waals surface area (Å²) in [5, 5.41) is 3.88. The minimum atomic E-state index is -0.233. The summed E-state index contributed by atoms with van der Waals surface area (Å²) in [5.74, 6) is -0.233. The first kappa shape index (κ1) is 17.3. The van der Waals surface area contributed by atoms with Crippen molar-refractivity contribution in [3.8, 4) is 0 Å². The summed E-state index contributed by atoms with van der Waals surface area (Å²) in [6.45, 7) is 6.08. The van der Waals surface area contributed by atoms with Crippen LogP contribution in [-0.2, 0) is 16.1 Å². The number of hydrogen-bond acceptors (Lipinski definition) is 5. The molecule has 124 valence electrons. The van der Waals surface area contributed by atoms with Gasteiger partial charge in [-0.15, -0.1) is 0 Å². The topological polar surface area (TPSA) is 81.5 Å². The van der Waals surface area contributed by atoms with Crippen LogP contribution in [0, 0.1) is 0 Å². The lowest BCUT2D eigenvalue weighted by Gasteiger charge is -2.21. The van der Waals surface area contributed by atoms with Crippen LogP contribution in [0.2, 0.25) is 0 Å². The second-order valence-electron chi connectivity index (χ2n) is 5.62. The van der Waals surface area contributed by atoms with Crippen LogP contribution in [0.3, 0.4) is 0 Å². The SMILES string of the molecule is CCOC(=O)CN1CCN(Cc2ccccc2)C[C@@H](N=[N+]=[N-])C1. The molecule has 0 N–H and O–H groups in total. The number of azide groups is 1. The Hall–Kier alpha value is -2.08. The summed E-state index contributed by atoms with van der Waals surface area (Å²) in [5.41, 5.74) is 10.00. The number of esters is 1. The third kappa shape index (κ3) is 5.90. The Morgan fingerprint density at radius 3 is 2.70 bits per heavy atom. The van der Waals surface area contributed by atoms with Gasteiger partial charge >= 0.3 is 5.97 Å². The molecular formula is C16H23N5O2. The molecule has 1 heterocycles. The van der Waals surface area contributed by atoms with Gasteiger partial charge in [0.1, 0.15) is 0 Å². The summed E-state index contributed by atoms with van der Waals surface area (Å²) in [6.07, 6.45) is 0. The van der Waals surface area contributed by atoms with E-state index in [2.05, 4.69) is 27.1 Å². The Balaban J connectivity index is 1.99. The molecule has 0 unspecified atom stereocenters. The van der Waals surface area contributed by atoms with Crippen molar-refractivity contribution in [3.63, 3.8) is 0 Å². The zero-order valence-electron chi connectivity index (χ0n) is 13.5. The first-order chi connectivity index (χ1) is 11.2. The molecule has 2 rings (SSSR count). The van der Waals surface area contributed by atoms with E-state index in [0.717, 1.165) is 19.6 Å². The van der Waals surface area contributed by atoms with Crippen LogP contribution in [0.25, 0.3) is 10.4 Å². The molecule has 1 aromatic carbocycles. The quantitative estimate of drug-likeness (QED) is 0.348. The largest absolute Gasteiger partial charge is 0.465 e. The van der Waals surface area contributed by atoms with Gasteiger partial charge < -0.3 is 4.74 Å². The zero-order valence-corrected chi connectivity index (χ0v) is 13.5. The lowest BCUT2D eigenvalue weighted by atomic mass is 10.2. The second-order valence-corrected chi connectivity index (χ2v) is 5.62. The van der Waals surface area contributed by atoms with Gasteiger partial charge in [0.15, 0.2) is 0 Å². The molecule has 1 aliphatic heterocycles. The number of nitrogens with zero attached hydrogens (tertiary/aromatic N) is 5. The highest BCUT2D eigenvalue weighted by Crippen LogP contribution is 2.11. The van der Waals surface area contributed by atoms with Crippen molar-refractivity contribution in [2.75, 3.05) is 39.3 Å². The highest BCUT2D eigenvalue weighted by molar-refractivity contribution is 5.71. The molecule has 1 atom stereocenters. The van der Waals surface area contributed by atoms with Crippen molar-refractivity contribution >= 4 is 5.97 Å². The second kappa shape index (κ2) is 9.15. The van der Waals surface area contributed by atoms with E-state index in [4.69, 9.17) is 10.3 Å². The lowest BCUT2D eigenvalue weighted by Crippen LogP contribution is -2.36. The van der Waals surface area contributed by atoms with Crippen molar-refractivity contribution < 1.29 is 9.53 Å². The molecule has 0 aliphatic carbocycles. The van der Waals surface area contributed by atoms with Crippen LogP contribution >= 0.6 is 0 Å². The van der Waals surface area contributed by atoms with Gasteiger partial charge in [-0.3, -0.25) is 14.6 Å². The van der Waals surface area contributed by atoms with E-state index in [9.17, 15) is 4.79 Å². The van der Waals surface area contributed by atoms with Crippen molar-refractivity contribution in [1.82, 2.24) is 9.80 Å². The summed E-state index contributed by atoms with van der Waals surface area (Å²) >= 11 is 0. The maximum absolute atomic E-state index is 11.7. The summed E-state index contributed by atoms with van der Waals surface area (Å²) in [6, 6.07) is 10.0. The predicted molar refractivity (Wildman–Crippen MR) is 87.7 cm³/mol. The third-order valence-corrected chi connectivity index (χ3v) is 3.79. The van der Waals surface area contributed by atoms with Crippen LogP contribution in [-0.4, -0.2) is 61.1 Å². The smallest absolute Gasteiger partial charge is 0.320 e. The van der Waals surface area contributed by atoms with Crippen molar-refractivity contribution in [2.24, 2.45) is 5.11 Å². The average Bonchev–Trinajstić information content (AvgIpc) is 2.71. The van der Waals surface area contributed by atoms with Gasteiger partial charge in [-0.2, -0.15) is 0 Å². The summed E-state index contributed by atoms with van der Waals surface area (Å²) < 4.78 is 5.01. The molecule has 1 aliphatic rings. The van der Waals surface area contributed by atoms with Gasteiger partial charge in [-0.1, -0.05) is 35.4 Å². The van der Waals surface area contributed by atoms with Crippen LogP contribution < -0.4 is 0 Å². The Kier molecular flexibility index (Phi) is 6.87. The number of benzene rings is 1. The highest BCUT2D eigenvalue weighted by Gasteiger charge is 2.23. The molecular weight excluding hydrogens is 294 g/mol. The fourth-order valence-electron chi connectivity index (χ4n) is 2.78. The van der Waals surface area contributed by atoms with E-state index in [-0.39, 0.29) is 18.6 Å². The molecule has 1 saturated heterocycles. The molecule has 7 nitrogen and oxygen atoms in total. The number of rotatable bonds is 6. The fourth-order valence-corrected chi connectivity index (χ4v) is 2.78. The average molecular weight is 317 g/mol. The van der Waals surface area contributed by atoms with Gasteiger partial charge in [0.2, 0.25) is 0 Å². The first-order valence-corrected chi connectivity index (χ1v) is 7.89. The van der Waals surface area contributed by atoms with Crippen molar-refractivity contribution in [3.05, 3.63) is 46.3 Å². The molecule has 0 saturated carbocycles. The normalized spacial score (nSPS) is 19.6. The standard InChI is InChI=1S/C16H23N5O2/c1-2-23-16(22)13-21-9-8-20(11-15(12-21)18-19-17)10-14-6-4-3-5-7-14/h3-7,15H,2,8-13H2,1H3/t15-/m1/s1. The molecule has 1 fully saturated rings. The first-order valence-electron chi connectivity index (χ1n) is 7.89. The van der Waals surface area contributed by atoms with E-state index < -0.39 is 0 Å². The Labute approximate surface area is 136 Å². The molecule has 0 amide bonds. The van der Waals surface area contributed by atoms with Crippen LogP contribution in [0.5, 0.6) is 0 Å². The molecule has 7 heteroatoms. The highest BCUT2D eigenvalue weighted by atomic mass is 16.5. The predicted octanol–water partition coefficient (Wildman–Crippen LogP) is 2.05. The van der Waals surface area contributed by atoms with Gasteiger partial charge in [-0.25, -0.2) is 0 Å². The van der Waals surface area contributed by atoms with Crippen LogP contribution in [0.4, 0.5) is 0 Å². The number of hydrogen-bond donors (Lipinski definition) is 0. The van der Waals surface area contributed by atoms with Crippen molar-refractivity contribution in [2.45, 2.75) is 19.5 Å². The molecule has 23 heavy (non-hydrogen) atoms. The minimum Gasteiger partial charge on any atom is -0.465 e. The van der Waals surface area contributed by atoms with E-state index in [0.29, 0.717) is 19.7 Å². The van der Waals surface area contributed by atoms with E-state index in [1.165, 1.54) is 5.56 Å². The summed E-state index contributed by atoms with van der Waals surface area (Å²) in [7, 11) is 0. The monoisotopic (exact) mass is 317 g/mol. The third-order valence-electron chi connectivity index (χ3n) is 3.79. The fraction of sp³-hybridized carbons (Fsp3) is 0.562. The van der Waals surface area contributed by atoms with E-state index >= 15 is 0 Å². The Morgan fingerprint density at radius 2 is 2.00 bits per heavy atom. The molecule has 0 aromatic heterocycles. The number of carbonyl (C=O) groups is 1. The summed E-state index contributed by atoms with van der Waals surface area (Å²) in [4.78, 5) is 18.9. The Morgan fingerprint density at radius 1 is 1.30 bits per heavy atom. The van der Waals surface area contributed by atoms with Crippen LogP contribution in [0.1, 0.15) is 12.5 Å². The molecule has 0 radical (unpaired) electrons. The molecule has 0 bridgehead atoms. The van der Waals surface area contributed by atoms with Crippen LogP contribution in [0.15, 0.2) is 35.4 Å². The van der Waals surface area contributed by atoms with Crippen molar-refractivity contribution in [1.29, 1.82) is 0 Å². The van der Waals surface area contributed by atoms with E-state index in [1.807, 2.05) is 23.1 Å². The van der Waals surface area contributed by atoms with E-state index in [1.54, 1.807) is 6.92 Å². The number of carbonyl (C=O) groups excluding carboxylic acids is 1.